The van der Waals surface area contributed by atoms with E-state index in [0.29, 0.717) is 46.7 Å². The van der Waals surface area contributed by atoms with E-state index in [9.17, 15) is 9.59 Å². The molecule has 0 radical (unpaired) electrons. The number of aryl methyl sites for hydroxylation is 2. The summed E-state index contributed by atoms with van der Waals surface area (Å²) in [6.45, 7) is 2.44. The monoisotopic (exact) mass is 446 g/mol. The normalized spacial score (nSPS) is 10.8. The second kappa shape index (κ2) is 9.66. The molecule has 4 rings (SSSR count). The highest BCUT2D eigenvalue weighted by atomic mass is 35.5. The molecule has 6 nitrogen and oxygen atoms in total. The van der Waals surface area contributed by atoms with Crippen molar-refractivity contribution in [2.24, 2.45) is 0 Å². The molecule has 3 aromatic carbocycles. The zero-order valence-corrected chi connectivity index (χ0v) is 18.4. The number of hydrogen-bond acceptors (Lipinski definition) is 4. The molecule has 0 fully saturated rings. The number of amides is 1. The first-order chi connectivity index (χ1) is 15.5. The second-order valence-electron chi connectivity index (χ2n) is 7.53. The van der Waals surface area contributed by atoms with E-state index in [4.69, 9.17) is 11.6 Å². The van der Waals surface area contributed by atoms with E-state index >= 15 is 0 Å². The molecule has 0 atom stereocenters. The quantitative estimate of drug-likeness (QED) is 0.407. The van der Waals surface area contributed by atoms with Crippen molar-refractivity contribution in [2.75, 3.05) is 12.0 Å². The number of fused-ring (bicyclic) bond motifs is 1. The van der Waals surface area contributed by atoms with E-state index in [1.165, 1.54) is 4.68 Å². The Labute approximate surface area is 190 Å². The highest BCUT2D eigenvalue weighted by Gasteiger charge is 2.12. The Hall–Kier alpha value is -3.64. The zero-order chi connectivity index (χ0) is 22.5. The molecule has 0 aliphatic rings. The summed E-state index contributed by atoms with van der Waals surface area (Å²) in [5.74, 6) is 0.446. The van der Waals surface area contributed by atoms with Crippen molar-refractivity contribution in [3.63, 3.8) is 0 Å². The molecule has 0 saturated heterocycles. The Morgan fingerprint density at radius 2 is 1.78 bits per heavy atom. The summed E-state index contributed by atoms with van der Waals surface area (Å²) in [5, 5.41) is 3.93. The molecule has 1 heterocycles. The summed E-state index contributed by atoms with van der Waals surface area (Å²) >= 11 is 6.11. The molecule has 0 saturated carbocycles. The third-order valence-corrected chi connectivity index (χ3v) is 5.33. The first-order valence-electron chi connectivity index (χ1n) is 10.4. The van der Waals surface area contributed by atoms with E-state index in [2.05, 4.69) is 15.7 Å². The molecule has 1 amide bonds. The second-order valence-corrected chi connectivity index (χ2v) is 7.97. The number of para-hydroxylation sites is 1. The number of rotatable bonds is 7. The van der Waals surface area contributed by atoms with Gasteiger partial charge in [0.1, 0.15) is 5.82 Å². The minimum atomic E-state index is -0.200. The molecule has 7 heteroatoms. The van der Waals surface area contributed by atoms with Crippen LogP contribution < -0.4 is 16.3 Å². The van der Waals surface area contributed by atoms with Gasteiger partial charge in [-0.05, 0) is 55.8 Å². The van der Waals surface area contributed by atoms with E-state index in [1.807, 2.05) is 49.4 Å². The van der Waals surface area contributed by atoms with E-state index in [0.717, 1.165) is 11.3 Å². The molecule has 162 valence electrons. The third kappa shape index (κ3) is 4.98. The van der Waals surface area contributed by atoms with Crippen LogP contribution in [0, 0.1) is 6.92 Å². The number of anilines is 1. The number of aromatic nitrogens is 2. The number of halogens is 1. The lowest BCUT2D eigenvalue weighted by Crippen LogP contribution is -2.31. The first-order valence-corrected chi connectivity index (χ1v) is 10.8. The van der Waals surface area contributed by atoms with Gasteiger partial charge in [0.2, 0.25) is 0 Å². The zero-order valence-electron chi connectivity index (χ0n) is 17.6. The van der Waals surface area contributed by atoms with Crippen molar-refractivity contribution in [1.29, 1.82) is 0 Å². The van der Waals surface area contributed by atoms with Crippen molar-refractivity contribution in [1.82, 2.24) is 15.0 Å². The van der Waals surface area contributed by atoms with Crippen LogP contribution in [0.2, 0.25) is 5.02 Å². The maximum Gasteiger partial charge on any atom is 0.280 e. The molecule has 0 unspecified atom stereocenters. The molecule has 1 aromatic heterocycles. The highest BCUT2D eigenvalue weighted by molar-refractivity contribution is 6.31. The van der Waals surface area contributed by atoms with Gasteiger partial charge in [-0.15, -0.1) is 0 Å². The summed E-state index contributed by atoms with van der Waals surface area (Å²) < 4.78 is 1.47. The van der Waals surface area contributed by atoms with Crippen LogP contribution in [0.3, 0.4) is 0 Å². The van der Waals surface area contributed by atoms with Crippen LogP contribution in [0.25, 0.3) is 10.9 Å². The maximum atomic E-state index is 13.2. The molecule has 32 heavy (non-hydrogen) atoms. The lowest BCUT2D eigenvalue weighted by molar-refractivity contribution is 0.0953. The van der Waals surface area contributed by atoms with Crippen LogP contribution in [0.5, 0.6) is 0 Å². The fraction of sp³-hybridized carbons (Fsp3) is 0.160. The molecule has 0 spiro atoms. The van der Waals surface area contributed by atoms with Crippen molar-refractivity contribution in [3.05, 3.63) is 105 Å². The van der Waals surface area contributed by atoms with Crippen LogP contribution in [0.1, 0.15) is 28.2 Å². The van der Waals surface area contributed by atoms with Crippen molar-refractivity contribution in [2.45, 2.75) is 19.8 Å². The number of benzene rings is 3. The van der Waals surface area contributed by atoms with Crippen LogP contribution in [-0.4, -0.2) is 22.1 Å². The Kier molecular flexibility index (Phi) is 6.52. The number of nitrogens with one attached hydrogen (secondary N) is 2. The molecular weight excluding hydrogens is 424 g/mol. The van der Waals surface area contributed by atoms with Crippen LogP contribution in [-0.2, 0) is 6.42 Å². The Morgan fingerprint density at radius 3 is 2.53 bits per heavy atom. The number of nitrogens with zero attached hydrogens (tertiary/aromatic N) is 2. The van der Waals surface area contributed by atoms with Crippen molar-refractivity contribution < 1.29 is 4.79 Å². The summed E-state index contributed by atoms with van der Waals surface area (Å²) in [6, 6.07) is 21.9. The minimum absolute atomic E-state index is 0.122. The standard InChI is InChI=1S/C25H23ClN4O2/c1-17-9-11-18(12-10-17)24(31)27-15-5-8-23-28-22-16-19(26)13-14-21(22)25(32)30(23)29-20-6-3-2-4-7-20/h2-4,6-7,9-14,16,29H,5,8,15H2,1H3,(H,27,31). The fourth-order valence-corrected chi connectivity index (χ4v) is 3.55. The van der Waals surface area contributed by atoms with Crippen LogP contribution in [0.15, 0.2) is 77.6 Å². The molecule has 0 aliphatic carbocycles. The molecular formula is C25H23ClN4O2. The smallest absolute Gasteiger partial charge is 0.280 e. The third-order valence-electron chi connectivity index (χ3n) is 5.09. The summed E-state index contributed by atoms with van der Waals surface area (Å²) in [6.07, 6.45) is 1.11. The Balaban J connectivity index is 1.53. The van der Waals surface area contributed by atoms with Gasteiger partial charge in [-0.3, -0.25) is 15.0 Å². The van der Waals surface area contributed by atoms with E-state index in [1.54, 1.807) is 30.3 Å². The average molecular weight is 447 g/mol. The summed E-state index contributed by atoms with van der Waals surface area (Å²) in [5.41, 5.74) is 6.00. The average Bonchev–Trinajstić information content (AvgIpc) is 2.80. The van der Waals surface area contributed by atoms with Gasteiger partial charge in [-0.2, -0.15) is 0 Å². The topological polar surface area (TPSA) is 76.0 Å². The Bertz CT molecular complexity index is 1300. The summed E-state index contributed by atoms with van der Waals surface area (Å²) in [4.78, 5) is 30.2. The van der Waals surface area contributed by atoms with E-state index < -0.39 is 0 Å². The fourth-order valence-electron chi connectivity index (χ4n) is 3.39. The minimum Gasteiger partial charge on any atom is -0.352 e. The molecule has 0 aliphatic heterocycles. The van der Waals surface area contributed by atoms with Gasteiger partial charge in [-0.25, -0.2) is 9.66 Å². The molecule has 2 N–H and O–H groups in total. The summed E-state index contributed by atoms with van der Waals surface area (Å²) in [7, 11) is 0. The first kappa shape index (κ1) is 21.6. The lowest BCUT2D eigenvalue weighted by atomic mass is 10.1. The van der Waals surface area contributed by atoms with Gasteiger partial charge in [0.25, 0.3) is 11.5 Å². The van der Waals surface area contributed by atoms with Gasteiger partial charge in [-0.1, -0.05) is 47.5 Å². The maximum absolute atomic E-state index is 13.2. The highest BCUT2D eigenvalue weighted by Crippen LogP contribution is 2.16. The van der Waals surface area contributed by atoms with Gasteiger partial charge in [0.15, 0.2) is 0 Å². The van der Waals surface area contributed by atoms with Crippen LogP contribution in [0.4, 0.5) is 5.69 Å². The molecule has 0 bridgehead atoms. The number of carbonyl (C=O) groups is 1. The van der Waals surface area contributed by atoms with Gasteiger partial charge in [0, 0.05) is 23.6 Å². The van der Waals surface area contributed by atoms with Gasteiger partial charge in [0.05, 0.1) is 16.6 Å². The Morgan fingerprint density at radius 1 is 1.03 bits per heavy atom. The number of hydrogen-bond donors (Lipinski definition) is 2. The largest absolute Gasteiger partial charge is 0.352 e. The number of carbonyl (C=O) groups excluding carboxylic acids is 1. The van der Waals surface area contributed by atoms with Gasteiger partial charge >= 0.3 is 0 Å². The van der Waals surface area contributed by atoms with Crippen molar-refractivity contribution in [3.8, 4) is 0 Å². The predicted molar refractivity (Wildman–Crippen MR) is 128 cm³/mol. The SMILES string of the molecule is Cc1ccc(C(=O)NCCCc2nc3cc(Cl)ccc3c(=O)n2Nc2ccccc2)cc1. The van der Waals surface area contributed by atoms with E-state index in [-0.39, 0.29) is 11.5 Å². The van der Waals surface area contributed by atoms with Gasteiger partial charge < -0.3 is 5.32 Å². The lowest BCUT2D eigenvalue weighted by Gasteiger charge is -2.16. The predicted octanol–water partition coefficient (Wildman–Crippen LogP) is 4.60. The van der Waals surface area contributed by atoms with Crippen LogP contribution >= 0.6 is 11.6 Å². The van der Waals surface area contributed by atoms with Crippen molar-refractivity contribution >= 4 is 34.1 Å². The molecule has 4 aromatic rings.